The van der Waals surface area contributed by atoms with Crippen LogP contribution in [0.2, 0.25) is 0 Å². The topological polar surface area (TPSA) is 251 Å². The average Bonchev–Trinajstić information content (AvgIpc) is 2.87. The molecule has 1 aliphatic heterocycles. The molecule has 1 heterocycles. The Morgan fingerprint density at radius 2 is 0.744 bits per heavy atom. The quantitative estimate of drug-likeness (QED) is 0.0962. The normalized spacial score (nSPS) is 16.6. The van der Waals surface area contributed by atoms with E-state index in [-0.39, 0.29) is 168 Å². The average molecular weight is 639 g/mol. The van der Waals surface area contributed by atoms with Crippen LogP contribution in [-0.2, 0) is 47.7 Å². The molecule has 0 aliphatic carbocycles. The van der Waals surface area contributed by atoms with E-state index >= 15 is 0 Å². The summed E-state index contributed by atoms with van der Waals surface area (Å²) in [6.45, 7) is 1.98. The molecule has 6 N–H and O–H groups in total. The maximum atomic E-state index is 12.2. The molecule has 0 atom stereocenters. The minimum absolute atomic E-state index is 0. The van der Waals surface area contributed by atoms with Crippen molar-refractivity contribution in [1.82, 2.24) is 20.4 Å². The van der Waals surface area contributed by atoms with Gasteiger partial charge < -0.3 is 50.0 Å². The predicted octanol–water partition coefficient (Wildman–Crippen LogP) is -6.23. The van der Waals surface area contributed by atoms with Gasteiger partial charge in [-0.15, -0.1) is 0 Å². The zero-order chi connectivity index (χ0) is 29.9. The number of carbonyl (C=O) groups excluding carboxylic acids is 2. The van der Waals surface area contributed by atoms with E-state index < -0.39 is 47.8 Å². The predicted molar refractivity (Wildman–Crippen MR) is 153 cm³/mol. The Hall–Kier alpha value is -0.965. The molecule has 1 saturated heterocycles. The Morgan fingerprint density at radius 3 is 0.953 bits per heavy atom. The van der Waals surface area contributed by atoms with Gasteiger partial charge in [0.1, 0.15) is 0 Å². The van der Waals surface area contributed by atoms with Crippen LogP contribution in [-0.4, -0.2) is 246 Å². The van der Waals surface area contributed by atoms with Gasteiger partial charge in [0.2, 0.25) is 23.9 Å². The first-order valence-electron chi connectivity index (χ1n) is 12.3. The molecule has 0 unspecified atom stereocenters. The first-order chi connectivity index (χ1) is 19.0. The van der Waals surface area contributed by atoms with Crippen LogP contribution in [0.5, 0.6) is 0 Å². The summed E-state index contributed by atoms with van der Waals surface area (Å²) in [5.74, 6) is -8.34. The van der Waals surface area contributed by atoms with Crippen LogP contribution in [0.1, 0.15) is 0 Å². The number of carbonyl (C=O) groups is 6. The van der Waals surface area contributed by atoms with Crippen LogP contribution in [0.4, 0.5) is 0 Å². The van der Waals surface area contributed by atoms with Gasteiger partial charge in [-0.05, 0) is 0 Å². The standard InChI is InChI=1S/C22H36N4O14.Ca.2Li.4H/c27-15(23-17(19(29)30)20(31)32)13-25-1-5-37-9-10-39-7-3-26(4-8-40-12-11-38-6-2-25)14-16(28)24-18(21(33)34)22(35)36;;;;;;;/h17-18H,1-14H2,(H,23,27)(H,24,28)(H,29,30)(H,31,32)(H,33,34)(H,35,36);;;;;;;. The molecule has 1 aliphatic rings. The van der Waals surface area contributed by atoms with Crippen molar-refractivity contribution in [1.29, 1.82) is 0 Å². The molecular formula is C22H40CaLi2N4O14. The molecule has 0 aromatic rings. The Labute approximate surface area is 301 Å². The Morgan fingerprint density at radius 1 is 0.512 bits per heavy atom. The van der Waals surface area contributed by atoms with Crippen LogP contribution >= 0.6 is 0 Å². The fourth-order valence-corrected chi connectivity index (χ4v) is 3.24. The first-order valence-corrected chi connectivity index (χ1v) is 12.3. The summed E-state index contributed by atoms with van der Waals surface area (Å²) < 4.78 is 22.0. The SMILES string of the molecule is O=C(CN1CCOCCOCCN(CC(=O)NC(C(=O)O)C(=O)O)CCOCCOCC1)NC(C(=O)O)C(=O)O.[CaH2].[LiH].[LiH]. The molecule has 43 heavy (non-hydrogen) atoms. The molecular weight excluding hydrogens is 598 g/mol. The zero-order valence-electron chi connectivity index (χ0n) is 21.8. The van der Waals surface area contributed by atoms with Gasteiger partial charge in [-0.25, -0.2) is 19.2 Å². The molecule has 1 fully saturated rings. The van der Waals surface area contributed by atoms with Gasteiger partial charge in [0.05, 0.1) is 65.9 Å². The van der Waals surface area contributed by atoms with E-state index in [1.807, 2.05) is 10.6 Å². The summed E-state index contributed by atoms with van der Waals surface area (Å²) in [7, 11) is 0. The van der Waals surface area contributed by atoms with E-state index in [0.29, 0.717) is 0 Å². The number of amides is 2. The van der Waals surface area contributed by atoms with E-state index in [9.17, 15) is 28.8 Å². The number of ether oxygens (including phenoxy) is 4. The van der Waals surface area contributed by atoms with Gasteiger partial charge in [0.25, 0.3) is 0 Å². The Kier molecular flexibility index (Phi) is 29.5. The molecule has 1 rings (SSSR count). The van der Waals surface area contributed by atoms with E-state index in [1.165, 1.54) is 0 Å². The number of hydrogen-bond donors (Lipinski definition) is 6. The van der Waals surface area contributed by atoms with Gasteiger partial charge in [-0.3, -0.25) is 19.4 Å². The number of hydrogen-bond acceptors (Lipinski definition) is 12. The molecule has 0 aromatic heterocycles. The monoisotopic (exact) mass is 638 g/mol. The number of nitrogens with one attached hydrogen (secondary N) is 2. The van der Waals surface area contributed by atoms with Crippen molar-refractivity contribution in [3.63, 3.8) is 0 Å². The number of carboxylic acid groups (broad SMARTS) is 4. The van der Waals surface area contributed by atoms with E-state index in [2.05, 4.69) is 0 Å². The molecule has 0 spiro atoms. The van der Waals surface area contributed by atoms with E-state index in [1.54, 1.807) is 9.80 Å². The van der Waals surface area contributed by atoms with Crippen LogP contribution < -0.4 is 10.6 Å². The van der Waals surface area contributed by atoms with Crippen LogP contribution in [0.25, 0.3) is 0 Å². The number of rotatable bonds is 10. The van der Waals surface area contributed by atoms with Crippen molar-refractivity contribution in [2.75, 3.05) is 92.1 Å². The second-order valence-corrected chi connectivity index (χ2v) is 8.36. The summed E-state index contributed by atoms with van der Waals surface area (Å²) in [6, 6.07) is -4.13. The minimum atomic E-state index is -2.06. The zero-order valence-corrected chi connectivity index (χ0v) is 21.8. The van der Waals surface area contributed by atoms with Gasteiger partial charge in [0, 0.05) is 26.2 Å². The van der Waals surface area contributed by atoms with Crippen LogP contribution in [0, 0.1) is 0 Å². The molecule has 2 amide bonds. The number of carboxylic acids is 4. The van der Waals surface area contributed by atoms with Crippen molar-refractivity contribution >= 4 is 111 Å². The second-order valence-electron chi connectivity index (χ2n) is 8.36. The third-order valence-corrected chi connectivity index (χ3v) is 5.28. The van der Waals surface area contributed by atoms with E-state index in [4.69, 9.17) is 39.4 Å². The van der Waals surface area contributed by atoms with Gasteiger partial charge in [0.15, 0.2) is 0 Å². The number of nitrogens with zero attached hydrogens (tertiary/aromatic N) is 2. The summed E-state index contributed by atoms with van der Waals surface area (Å²) in [5.41, 5.74) is 0. The maximum absolute atomic E-state index is 12.2. The van der Waals surface area contributed by atoms with Crippen LogP contribution in [0.15, 0.2) is 0 Å². The van der Waals surface area contributed by atoms with Gasteiger partial charge in [-0.1, -0.05) is 0 Å². The second kappa shape index (κ2) is 27.4. The van der Waals surface area contributed by atoms with Gasteiger partial charge in [-0.2, -0.15) is 0 Å². The summed E-state index contributed by atoms with van der Waals surface area (Å²) in [5, 5.41) is 39.6. The first kappa shape index (κ1) is 46.5. The van der Waals surface area contributed by atoms with Crippen molar-refractivity contribution in [2.45, 2.75) is 12.1 Å². The molecule has 21 heteroatoms. The molecule has 0 radical (unpaired) electrons. The van der Waals surface area contributed by atoms with Gasteiger partial charge >= 0.3 is 99.3 Å². The third-order valence-electron chi connectivity index (χ3n) is 5.28. The third kappa shape index (κ3) is 22.2. The summed E-state index contributed by atoms with van der Waals surface area (Å²) in [6.07, 6.45) is 0. The Balaban J connectivity index is -0.00000533. The van der Waals surface area contributed by atoms with Crippen molar-refractivity contribution in [3.05, 3.63) is 0 Å². The van der Waals surface area contributed by atoms with Crippen molar-refractivity contribution < 1.29 is 68.1 Å². The van der Waals surface area contributed by atoms with Crippen molar-refractivity contribution in [3.8, 4) is 0 Å². The van der Waals surface area contributed by atoms with Crippen LogP contribution in [0.3, 0.4) is 0 Å². The fraction of sp³-hybridized carbons (Fsp3) is 0.727. The van der Waals surface area contributed by atoms with Crippen molar-refractivity contribution in [2.24, 2.45) is 0 Å². The molecule has 0 saturated carbocycles. The summed E-state index contributed by atoms with van der Waals surface area (Å²) in [4.78, 5) is 71.6. The fourth-order valence-electron chi connectivity index (χ4n) is 3.24. The molecule has 0 bridgehead atoms. The molecule has 236 valence electrons. The molecule has 0 aromatic carbocycles. The summed E-state index contributed by atoms with van der Waals surface area (Å²) >= 11 is 0. The molecule has 18 nitrogen and oxygen atoms in total. The van der Waals surface area contributed by atoms with E-state index in [0.717, 1.165) is 0 Å². The Bertz CT molecular complexity index is 760. The number of aliphatic carboxylic acids is 4.